The highest BCUT2D eigenvalue weighted by Gasteiger charge is 2.33. The molecular weight excluding hydrogens is 294 g/mol. The average molecular weight is 307 g/mol. The van der Waals surface area contributed by atoms with Crippen LogP contribution in [0.5, 0.6) is 0 Å². The molecule has 0 fully saturated rings. The molecule has 0 bridgehead atoms. The van der Waals surface area contributed by atoms with Gasteiger partial charge in [-0.1, -0.05) is 42.5 Å². The van der Waals surface area contributed by atoms with Gasteiger partial charge in [-0.15, -0.1) is 0 Å². The number of nitrogens with zero attached hydrogens (tertiary/aromatic N) is 2. The van der Waals surface area contributed by atoms with Crippen LogP contribution in [0.25, 0.3) is 5.69 Å². The van der Waals surface area contributed by atoms with E-state index in [-0.39, 0.29) is 11.7 Å². The molecule has 0 saturated carbocycles. The zero-order valence-corrected chi connectivity index (χ0v) is 12.5. The maximum atomic E-state index is 12.2. The summed E-state index contributed by atoms with van der Waals surface area (Å²) in [5.74, 6) is 0.889. The molecule has 0 radical (unpaired) electrons. The normalized spacial score (nSPS) is 16.7. The van der Waals surface area contributed by atoms with Gasteiger partial charge < -0.3 is 0 Å². The van der Waals surface area contributed by atoms with Gasteiger partial charge in [0, 0.05) is 17.7 Å². The molecule has 0 amide bonds. The lowest BCUT2D eigenvalue weighted by Gasteiger charge is -2.12. The highest BCUT2D eigenvalue weighted by molar-refractivity contribution is 7.71. The van der Waals surface area contributed by atoms with Gasteiger partial charge in [0.2, 0.25) is 0 Å². The van der Waals surface area contributed by atoms with E-state index in [0.29, 0.717) is 11.2 Å². The van der Waals surface area contributed by atoms with E-state index in [1.165, 1.54) is 0 Å². The fraction of sp³-hybridized carbons (Fsp3) is 0.118. The Kier molecular flexibility index (Phi) is 3.01. The molecule has 4 nitrogen and oxygen atoms in total. The first-order valence-electron chi connectivity index (χ1n) is 7.10. The number of H-pyrrole nitrogens is 1. The predicted octanol–water partition coefficient (Wildman–Crippen LogP) is 3.65. The van der Waals surface area contributed by atoms with Gasteiger partial charge in [-0.3, -0.25) is 14.5 Å². The summed E-state index contributed by atoms with van der Waals surface area (Å²) in [5.41, 5.74) is 2.77. The Morgan fingerprint density at radius 2 is 1.82 bits per heavy atom. The maximum Gasteiger partial charge on any atom is 0.199 e. The minimum Gasteiger partial charge on any atom is -0.294 e. The Labute approximate surface area is 132 Å². The number of ketones is 1. The highest BCUT2D eigenvalue weighted by Crippen LogP contribution is 2.37. The van der Waals surface area contributed by atoms with Crippen molar-refractivity contribution in [2.24, 2.45) is 0 Å². The number of hydrogen-bond donors (Lipinski definition) is 1. The van der Waals surface area contributed by atoms with Crippen molar-refractivity contribution in [1.29, 1.82) is 0 Å². The Hall–Kier alpha value is -2.53. The van der Waals surface area contributed by atoms with Gasteiger partial charge in [-0.25, -0.2) is 0 Å². The van der Waals surface area contributed by atoms with Crippen LogP contribution >= 0.6 is 12.2 Å². The largest absolute Gasteiger partial charge is 0.294 e. The van der Waals surface area contributed by atoms with Gasteiger partial charge in [-0.05, 0) is 29.9 Å². The molecule has 1 N–H and O–H groups in total. The van der Waals surface area contributed by atoms with E-state index in [9.17, 15) is 4.79 Å². The molecule has 22 heavy (non-hydrogen) atoms. The average Bonchev–Trinajstić information content (AvgIpc) is 3.09. The van der Waals surface area contributed by atoms with E-state index in [0.717, 1.165) is 22.6 Å². The van der Waals surface area contributed by atoms with E-state index in [1.54, 1.807) is 0 Å². The zero-order chi connectivity index (χ0) is 15.1. The summed E-state index contributed by atoms with van der Waals surface area (Å²) in [7, 11) is 0. The molecule has 5 heteroatoms. The fourth-order valence-electron chi connectivity index (χ4n) is 3.06. The molecule has 1 aliphatic rings. The van der Waals surface area contributed by atoms with Gasteiger partial charge in [0.1, 0.15) is 5.82 Å². The monoisotopic (exact) mass is 307 g/mol. The summed E-state index contributed by atoms with van der Waals surface area (Å²) >= 11 is 5.38. The third-order valence-corrected chi connectivity index (χ3v) is 4.32. The Morgan fingerprint density at radius 3 is 2.64 bits per heavy atom. The van der Waals surface area contributed by atoms with E-state index >= 15 is 0 Å². The highest BCUT2D eigenvalue weighted by atomic mass is 32.1. The second-order valence-electron chi connectivity index (χ2n) is 5.33. The molecule has 1 aromatic heterocycles. The van der Waals surface area contributed by atoms with Gasteiger partial charge >= 0.3 is 0 Å². The quantitative estimate of drug-likeness (QED) is 0.735. The number of rotatable bonds is 2. The topological polar surface area (TPSA) is 50.7 Å². The van der Waals surface area contributed by atoms with E-state index in [4.69, 9.17) is 12.2 Å². The van der Waals surface area contributed by atoms with Crippen LogP contribution in [-0.4, -0.2) is 20.5 Å². The molecular formula is C17H13N3OS. The second-order valence-corrected chi connectivity index (χ2v) is 5.71. The summed E-state index contributed by atoms with van der Waals surface area (Å²) in [6.45, 7) is 0. The fourth-order valence-corrected chi connectivity index (χ4v) is 3.30. The number of aromatic nitrogens is 3. The third-order valence-electron chi connectivity index (χ3n) is 4.05. The molecule has 2 aromatic carbocycles. The van der Waals surface area contributed by atoms with Gasteiger partial charge in [0.25, 0.3) is 0 Å². The van der Waals surface area contributed by atoms with E-state index in [2.05, 4.69) is 10.2 Å². The second kappa shape index (κ2) is 5.03. The molecule has 0 spiro atoms. The summed E-state index contributed by atoms with van der Waals surface area (Å²) in [6, 6.07) is 17.6. The number of para-hydroxylation sites is 1. The molecule has 0 aliphatic heterocycles. The number of carbonyl (C=O) groups excluding carboxylic acids is 1. The van der Waals surface area contributed by atoms with Crippen molar-refractivity contribution in [1.82, 2.24) is 14.8 Å². The molecule has 1 aliphatic carbocycles. The molecule has 1 heterocycles. The third kappa shape index (κ3) is 1.94. The Bertz CT molecular complexity index is 911. The van der Waals surface area contributed by atoms with Crippen LogP contribution < -0.4 is 0 Å². The minimum absolute atomic E-state index is 0.0585. The summed E-state index contributed by atoms with van der Waals surface area (Å²) < 4.78 is 2.45. The van der Waals surface area contributed by atoms with Crippen LogP contribution in [0, 0.1) is 4.77 Å². The Morgan fingerprint density at radius 1 is 1.09 bits per heavy atom. The molecule has 108 valence electrons. The SMILES string of the molecule is O=C1CC(c2n[nH]c(=S)n2-c2ccccc2)c2ccccc21. The molecule has 3 aromatic rings. The van der Waals surface area contributed by atoms with Crippen molar-refractivity contribution in [3.8, 4) is 5.69 Å². The number of nitrogens with one attached hydrogen (secondary N) is 1. The number of aromatic amines is 1. The van der Waals surface area contributed by atoms with E-state index < -0.39 is 0 Å². The lowest BCUT2D eigenvalue weighted by Crippen LogP contribution is -2.07. The number of fused-ring (bicyclic) bond motifs is 1. The van der Waals surface area contributed by atoms with Crippen molar-refractivity contribution in [2.45, 2.75) is 12.3 Å². The summed E-state index contributed by atoms with van der Waals surface area (Å²) in [6.07, 6.45) is 0.436. The van der Waals surface area contributed by atoms with Gasteiger partial charge in [0.05, 0.1) is 5.92 Å². The maximum absolute atomic E-state index is 12.2. The van der Waals surface area contributed by atoms with Crippen LogP contribution in [0.3, 0.4) is 0 Å². The van der Waals surface area contributed by atoms with Crippen LogP contribution in [0.2, 0.25) is 0 Å². The molecule has 1 unspecified atom stereocenters. The lowest BCUT2D eigenvalue weighted by atomic mass is 10.0. The van der Waals surface area contributed by atoms with Crippen molar-refractivity contribution >= 4 is 18.0 Å². The first-order valence-corrected chi connectivity index (χ1v) is 7.51. The Balaban J connectivity index is 1.90. The molecule has 4 rings (SSSR count). The zero-order valence-electron chi connectivity index (χ0n) is 11.7. The standard InChI is InChI=1S/C17H13N3OS/c21-15-10-14(12-8-4-5-9-13(12)15)16-18-19-17(22)20(16)11-6-2-1-3-7-11/h1-9,14H,10H2,(H,19,22). The van der Waals surface area contributed by atoms with E-state index in [1.807, 2.05) is 59.2 Å². The van der Waals surface area contributed by atoms with Crippen LogP contribution in [0.15, 0.2) is 54.6 Å². The van der Waals surface area contributed by atoms with Gasteiger partial charge in [-0.2, -0.15) is 5.10 Å². The van der Waals surface area contributed by atoms with Crippen LogP contribution in [0.4, 0.5) is 0 Å². The summed E-state index contributed by atoms with van der Waals surface area (Å²) in [5, 5.41) is 7.26. The molecule has 1 atom stereocenters. The lowest BCUT2D eigenvalue weighted by molar-refractivity contribution is 0.0990. The van der Waals surface area contributed by atoms with Crippen molar-refractivity contribution in [3.05, 3.63) is 76.3 Å². The van der Waals surface area contributed by atoms with Crippen LogP contribution in [-0.2, 0) is 0 Å². The van der Waals surface area contributed by atoms with Crippen LogP contribution in [0.1, 0.15) is 34.1 Å². The number of hydrogen-bond acceptors (Lipinski definition) is 3. The van der Waals surface area contributed by atoms with Crippen molar-refractivity contribution < 1.29 is 4.79 Å². The van der Waals surface area contributed by atoms with Crippen molar-refractivity contribution in [2.75, 3.05) is 0 Å². The van der Waals surface area contributed by atoms with Gasteiger partial charge in [0.15, 0.2) is 10.6 Å². The number of benzene rings is 2. The van der Waals surface area contributed by atoms with Crippen molar-refractivity contribution in [3.63, 3.8) is 0 Å². The first kappa shape index (κ1) is 13.2. The smallest absolute Gasteiger partial charge is 0.199 e. The number of Topliss-reactive ketones (excluding diaryl/α,β-unsaturated/α-hetero) is 1. The molecule has 0 saturated heterocycles. The number of carbonyl (C=O) groups is 1. The predicted molar refractivity (Wildman–Crippen MR) is 86.0 cm³/mol. The first-order chi connectivity index (χ1) is 10.8. The minimum atomic E-state index is -0.0585. The summed E-state index contributed by atoms with van der Waals surface area (Å²) in [4.78, 5) is 12.2.